The molecule has 0 radical (unpaired) electrons. The Labute approximate surface area is 163 Å². The van der Waals surface area contributed by atoms with E-state index in [0.29, 0.717) is 23.4 Å². The molecule has 0 spiro atoms. The second-order valence-electron chi connectivity index (χ2n) is 11.0. The van der Waals surface area contributed by atoms with E-state index in [2.05, 4.69) is 66.8 Å². The van der Waals surface area contributed by atoms with Crippen molar-refractivity contribution in [2.24, 2.45) is 23.2 Å². The van der Waals surface area contributed by atoms with Crippen LogP contribution in [-0.4, -0.2) is 25.6 Å². The summed E-state index contributed by atoms with van der Waals surface area (Å²) in [6.07, 6.45) is 12.0. The molecule has 0 aromatic rings. The number of rotatable bonds is 6. The van der Waals surface area contributed by atoms with Crippen molar-refractivity contribution in [3.63, 3.8) is 0 Å². The van der Waals surface area contributed by atoms with Crippen LogP contribution in [0.4, 0.5) is 0 Å². The number of aliphatic hydroxyl groups excluding tert-OH is 1. The molecule has 6 atom stereocenters. The van der Waals surface area contributed by atoms with Gasteiger partial charge in [-0.1, -0.05) is 53.2 Å². The lowest BCUT2D eigenvalue weighted by molar-refractivity contribution is -0.0231. The van der Waals surface area contributed by atoms with Crippen LogP contribution in [0.15, 0.2) is 12.2 Å². The fraction of sp³-hybridized carbons (Fsp3) is 0.913. The monoisotopic (exact) mass is 380 g/mol. The first-order valence-electron chi connectivity index (χ1n) is 10.9. The van der Waals surface area contributed by atoms with Crippen LogP contribution in [0.3, 0.4) is 0 Å². The average molecular weight is 381 g/mol. The molecule has 0 unspecified atom stereocenters. The molecule has 1 N–H and O–H groups in total. The van der Waals surface area contributed by atoms with E-state index < -0.39 is 8.32 Å². The number of aliphatic hydroxyl groups is 1. The van der Waals surface area contributed by atoms with Gasteiger partial charge in [0.25, 0.3) is 0 Å². The van der Waals surface area contributed by atoms with Crippen molar-refractivity contribution in [2.45, 2.75) is 110 Å². The number of fused-ring (bicyclic) bond motifs is 1. The minimum Gasteiger partial charge on any atom is -0.414 e. The Morgan fingerprint density at radius 1 is 1.19 bits per heavy atom. The zero-order valence-electron chi connectivity index (χ0n) is 18.6. The van der Waals surface area contributed by atoms with E-state index in [9.17, 15) is 5.11 Å². The molecule has 2 aliphatic rings. The highest BCUT2D eigenvalue weighted by Crippen LogP contribution is 2.57. The highest BCUT2D eigenvalue weighted by atomic mass is 28.4. The van der Waals surface area contributed by atoms with Gasteiger partial charge in [-0.05, 0) is 80.3 Å². The summed E-state index contributed by atoms with van der Waals surface area (Å²) >= 11 is 0. The molecule has 0 saturated heterocycles. The fourth-order valence-corrected chi connectivity index (χ4v) is 6.86. The van der Waals surface area contributed by atoms with Gasteiger partial charge in [0, 0.05) is 6.10 Å². The highest BCUT2D eigenvalue weighted by molar-refractivity contribution is 6.74. The smallest absolute Gasteiger partial charge is 0.192 e. The number of hydrogen-bond donors (Lipinski definition) is 1. The summed E-state index contributed by atoms with van der Waals surface area (Å²) < 4.78 is 6.48. The summed E-state index contributed by atoms with van der Waals surface area (Å²) in [5, 5.41) is 10.7. The van der Waals surface area contributed by atoms with E-state index in [1.165, 1.54) is 25.7 Å². The molecular weight excluding hydrogens is 336 g/mol. The third-order valence-electron chi connectivity index (χ3n) is 8.01. The summed E-state index contributed by atoms with van der Waals surface area (Å²) in [4.78, 5) is 0. The van der Waals surface area contributed by atoms with Crippen molar-refractivity contribution in [1.29, 1.82) is 0 Å². The van der Waals surface area contributed by atoms with E-state index in [1.807, 2.05) is 0 Å². The van der Waals surface area contributed by atoms with Crippen molar-refractivity contribution in [2.75, 3.05) is 0 Å². The zero-order valence-corrected chi connectivity index (χ0v) is 19.6. The summed E-state index contributed by atoms with van der Waals surface area (Å²) in [5.41, 5.74) is 0.338. The summed E-state index contributed by atoms with van der Waals surface area (Å²) in [7, 11) is -1.68. The topological polar surface area (TPSA) is 29.5 Å². The van der Waals surface area contributed by atoms with Crippen molar-refractivity contribution in [3.05, 3.63) is 12.2 Å². The average Bonchev–Trinajstić information content (AvgIpc) is 2.84. The lowest BCUT2D eigenvalue weighted by Gasteiger charge is -2.44. The molecule has 3 heteroatoms. The Morgan fingerprint density at radius 2 is 1.85 bits per heavy atom. The molecule has 0 aliphatic heterocycles. The first-order valence-corrected chi connectivity index (χ1v) is 13.8. The van der Waals surface area contributed by atoms with Crippen LogP contribution < -0.4 is 0 Å². The van der Waals surface area contributed by atoms with E-state index >= 15 is 0 Å². The summed E-state index contributed by atoms with van der Waals surface area (Å²) in [6, 6.07) is 0. The number of allylic oxidation sites excluding steroid dienone is 1. The highest BCUT2D eigenvalue weighted by Gasteiger charge is 2.51. The maximum Gasteiger partial charge on any atom is 0.192 e. The van der Waals surface area contributed by atoms with Crippen LogP contribution in [0.2, 0.25) is 18.1 Å². The molecule has 152 valence electrons. The van der Waals surface area contributed by atoms with Crippen molar-refractivity contribution in [1.82, 2.24) is 0 Å². The second kappa shape index (κ2) is 8.09. The van der Waals surface area contributed by atoms with Gasteiger partial charge in [-0.15, -0.1) is 0 Å². The quantitative estimate of drug-likeness (QED) is 0.418. The molecule has 0 amide bonds. The minimum absolute atomic E-state index is 0.0621. The van der Waals surface area contributed by atoms with Crippen LogP contribution >= 0.6 is 0 Å². The van der Waals surface area contributed by atoms with Crippen LogP contribution in [-0.2, 0) is 4.43 Å². The van der Waals surface area contributed by atoms with Gasteiger partial charge in [-0.25, -0.2) is 0 Å². The molecule has 0 heterocycles. The molecule has 0 aromatic heterocycles. The van der Waals surface area contributed by atoms with Crippen LogP contribution in [0.25, 0.3) is 0 Å². The summed E-state index contributed by atoms with van der Waals surface area (Å²) in [6.45, 7) is 18.6. The van der Waals surface area contributed by atoms with Crippen molar-refractivity contribution >= 4 is 8.32 Å². The third-order valence-corrected chi connectivity index (χ3v) is 12.6. The first kappa shape index (κ1) is 22.2. The largest absolute Gasteiger partial charge is 0.414 e. The van der Waals surface area contributed by atoms with Crippen molar-refractivity contribution < 1.29 is 9.53 Å². The molecule has 2 nitrogen and oxygen atoms in total. The predicted molar refractivity (Wildman–Crippen MR) is 115 cm³/mol. The molecule has 0 bridgehead atoms. The maximum absolute atomic E-state index is 10.4. The standard InChI is InChI=1S/C23H44O2Si/c1-17(11-9-12-18(2)25-26(7,8)22(3,4)5)19-14-15-20-21(24)13-10-16-23(19,20)6/h9,11,17-21,24H,10,12-16H2,1-8H3/b11-9+/t17-,18+,19+,20-,21-,23+/m0/s1. The fourth-order valence-electron chi connectivity index (χ4n) is 5.40. The Balaban J connectivity index is 1.90. The van der Waals surface area contributed by atoms with Gasteiger partial charge in [0.1, 0.15) is 0 Å². The maximum atomic E-state index is 10.4. The second-order valence-corrected chi connectivity index (χ2v) is 15.7. The van der Waals surface area contributed by atoms with Crippen molar-refractivity contribution in [3.8, 4) is 0 Å². The lowest BCUT2D eigenvalue weighted by atomic mass is 9.62. The van der Waals surface area contributed by atoms with E-state index in [1.54, 1.807) is 0 Å². The third kappa shape index (κ3) is 4.64. The van der Waals surface area contributed by atoms with Gasteiger partial charge < -0.3 is 9.53 Å². The molecular formula is C23H44O2Si. The van der Waals surface area contributed by atoms with Gasteiger partial charge in [-0.2, -0.15) is 0 Å². The van der Waals surface area contributed by atoms with Crippen LogP contribution in [0, 0.1) is 23.2 Å². The van der Waals surface area contributed by atoms with E-state index in [4.69, 9.17) is 4.43 Å². The van der Waals surface area contributed by atoms with E-state index in [-0.39, 0.29) is 11.1 Å². The van der Waals surface area contributed by atoms with Gasteiger partial charge >= 0.3 is 0 Å². The summed E-state index contributed by atoms with van der Waals surface area (Å²) in [5.74, 6) is 1.84. The molecule has 26 heavy (non-hydrogen) atoms. The Morgan fingerprint density at radius 3 is 2.46 bits per heavy atom. The Hall–Kier alpha value is -0.123. The van der Waals surface area contributed by atoms with Gasteiger partial charge in [-0.3, -0.25) is 0 Å². The zero-order chi connectivity index (χ0) is 19.8. The van der Waals surface area contributed by atoms with Crippen LogP contribution in [0.1, 0.15) is 80.1 Å². The first-order chi connectivity index (χ1) is 11.9. The lowest BCUT2D eigenvalue weighted by Crippen LogP contribution is -2.43. The minimum atomic E-state index is -1.68. The Bertz CT molecular complexity index is 493. The molecule has 2 aliphatic carbocycles. The van der Waals surface area contributed by atoms with Gasteiger partial charge in [0.2, 0.25) is 0 Å². The van der Waals surface area contributed by atoms with Gasteiger partial charge in [0.05, 0.1) is 6.10 Å². The number of hydrogen-bond acceptors (Lipinski definition) is 2. The predicted octanol–water partition coefficient (Wildman–Crippen LogP) is 6.56. The molecule has 2 saturated carbocycles. The van der Waals surface area contributed by atoms with E-state index in [0.717, 1.165) is 18.8 Å². The molecule has 0 aromatic carbocycles. The van der Waals surface area contributed by atoms with Crippen LogP contribution in [0.5, 0.6) is 0 Å². The SMILES string of the molecule is C[C@H](C/C=C/[C@H](C)[C@H]1CC[C@H]2[C@@H](O)CCC[C@]12C)O[Si](C)(C)C(C)(C)C. The normalized spacial score (nSPS) is 35.5. The molecule has 2 fully saturated rings. The molecule has 2 rings (SSSR count). The Kier molecular flexibility index (Phi) is 6.90. The van der Waals surface area contributed by atoms with Gasteiger partial charge in [0.15, 0.2) is 8.32 Å².